The maximum atomic E-state index is 5.48. The van der Waals surface area contributed by atoms with Crippen LogP contribution in [0.1, 0.15) is 12.5 Å². The summed E-state index contributed by atoms with van der Waals surface area (Å²) in [5, 5.41) is 2.29. The highest BCUT2D eigenvalue weighted by Gasteiger charge is 2.27. The summed E-state index contributed by atoms with van der Waals surface area (Å²) in [7, 11) is 3.31. The molecule has 17 heavy (non-hydrogen) atoms. The average molecular weight is 295 g/mol. The second-order valence-electron chi connectivity index (χ2n) is 3.99. The van der Waals surface area contributed by atoms with Gasteiger partial charge in [0.1, 0.15) is 0 Å². The van der Waals surface area contributed by atoms with Crippen molar-refractivity contribution in [3.63, 3.8) is 0 Å². The van der Waals surface area contributed by atoms with E-state index in [1.807, 2.05) is 31.2 Å². The molecule has 0 fully saturated rings. The van der Waals surface area contributed by atoms with E-state index in [4.69, 9.17) is 9.47 Å². The fraction of sp³-hybridized carbons (Fsp3) is 0.286. The average Bonchev–Trinajstić information content (AvgIpc) is 2.39. The summed E-state index contributed by atoms with van der Waals surface area (Å²) in [6.07, 6.45) is 0. The molecule has 0 saturated heterocycles. The number of fused-ring (bicyclic) bond motifs is 1. The Bertz CT molecular complexity index is 533. The predicted octanol–water partition coefficient (Wildman–Crippen LogP) is 4.07. The van der Waals surface area contributed by atoms with E-state index in [0.29, 0.717) is 0 Å². The Morgan fingerprint density at radius 2 is 1.53 bits per heavy atom. The smallest absolute Gasteiger partial charge is 0.191 e. The first-order chi connectivity index (χ1) is 8.12. The van der Waals surface area contributed by atoms with E-state index in [9.17, 15) is 0 Å². The number of halogens is 1. The number of hydrogen-bond acceptors (Lipinski definition) is 2. The van der Waals surface area contributed by atoms with E-state index >= 15 is 0 Å². The Morgan fingerprint density at radius 1 is 0.941 bits per heavy atom. The van der Waals surface area contributed by atoms with Gasteiger partial charge in [-0.3, -0.25) is 0 Å². The van der Waals surface area contributed by atoms with E-state index in [0.717, 1.165) is 20.8 Å². The monoisotopic (exact) mass is 294 g/mol. The zero-order valence-electron chi connectivity index (χ0n) is 10.2. The van der Waals surface area contributed by atoms with Gasteiger partial charge in [-0.2, -0.15) is 0 Å². The van der Waals surface area contributed by atoms with Crippen molar-refractivity contribution >= 4 is 26.7 Å². The molecule has 0 spiro atoms. The molecule has 0 unspecified atom stereocenters. The summed E-state index contributed by atoms with van der Waals surface area (Å²) >= 11 is 3.56. The number of methoxy groups -OCH3 is 2. The number of benzene rings is 2. The normalized spacial score (nSPS) is 12.0. The van der Waals surface area contributed by atoms with E-state index in [2.05, 4.69) is 28.1 Å². The Balaban J connectivity index is 2.75. The van der Waals surface area contributed by atoms with Crippen LogP contribution in [0.5, 0.6) is 0 Å². The van der Waals surface area contributed by atoms with Crippen molar-refractivity contribution in [2.45, 2.75) is 12.7 Å². The molecule has 0 aliphatic carbocycles. The van der Waals surface area contributed by atoms with Gasteiger partial charge < -0.3 is 9.47 Å². The van der Waals surface area contributed by atoms with Gasteiger partial charge in [0.05, 0.1) is 0 Å². The lowest BCUT2D eigenvalue weighted by Crippen LogP contribution is -2.26. The van der Waals surface area contributed by atoms with Crippen LogP contribution >= 0.6 is 15.9 Å². The minimum Gasteiger partial charge on any atom is -0.349 e. The van der Waals surface area contributed by atoms with Gasteiger partial charge in [-0.1, -0.05) is 46.3 Å². The minimum atomic E-state index is -0.722. The molecule has 0 saturated carbocycles. The lowest BCUT2D eigenvalue weighted by molar-refractivity contribution is -0.200. The zero-order chi connectivity index (χ0) is 12.5. The Morgan fingerprint density at radius 3 is 2.12 bits per heavy atom. The second-order valence-corrected chi connectivity index (χ2v) is 4.85. The van der Waals surface area contributed by atoms with Crippen molar-refractivity contribution in [3.8, 4) is 0 Å². The Hall–Kier alpha value is -0.900. The molecular weight excluding hydrogens is 280 g/mol. The number of rotatable bonds is 3. The van der Waals surface area contributed by atoms with Gasteiger partial charge in [-0.15, -0.1) is 0 Å². The molecule has 0 amide bonds. The van der Waals surface area contributed by atoms with Gasteiger partial charge in [-0.05, 0) is 23.8 Å². The second kappa shape index (κ2) is 4.77. The van der Waals surface area contributed by atoms with Crippen LogP contribution in [0.25, 0.3) is 10.8 Å². The van der Waals surface area contributed by atoms with Crippen LogP contribution in [-0.4, -0.2) is 14.2 Å². The molecule has 0 aromatic heterocycles. The first-order valence-electron chi connectivity index (χ1n) is 5.40. The molecule has 0 aliphatic heterocycles. The third-order valence-electron chi connectivity index (χ3n) is 3.14. The van der Waals surface area contributed by atoms with Crippen molar-refractivity contribution in [1.82, 2.24) is 0 Å². The van der Waals surface area contributed by atoms with Crippen molar-refractivity contribution < 1.29 is 9.47 Å². The summed E-state index contributed by atoms with van der Waals surface area (Å²) in [5.41, 5.74) is 1.03. The van der Waals surface area contributed by atoms with Crippen molar-refractivity contribution in [2.24, 2.45) is 0 Å². The van der Waals surface area contributed by atoms with Crippen LogP contribution in [0, 0.1) is 0 Å². The molecule has 2 aromatic rings. The zero-order valence-corrected chi connectivity index (χ0v) is 11.7. The summed E-state index contributed by atoms with van der Waals surface area (Å²) in [6, 6.07) is 12.2. The van der Waals surface area contributed by atoms with Crippen LogP contribution < -0.4 is 0 Å². The van der Waals surface area contributed by atoms with Crippen molar-refractivity contribution in [2.75, 3.05) is 14.2 Å². The van der Waals surface area contributed by atoms with Gasteiger partial charge in [0.2, 0.25) is 0 Å². The van der Waals surface area contributed by atoms with E-state index in [1.54, 1.807) is 14.2 Å². The first-order valence-corrected chi connectivity index (χ1v) is 6.19. The van der Waals surface area contributed by atoms with Crippen molar-refractivity contribution in [3.05, 3.63) is 46.4 Å². The minimum absolute atomic E-state index is 0.722. The van der Waals surface area contributed by atoms with Gasteiger partial charge in [0.25, 0.3) is 0 Å². The fourth-order valence-corrected chi connectivity index (χ4v) is 2.44. The Kier molecular flexibility index (Phi) is 3.52. The van der Waals surface area contributed by atoms with Crippen LogP contribution in [0.15, 0.2) is 40.9 Å². The third kappa shape index (κ3) is 2.10. The molecule has 2 nitrogen and oxygen atoms in total. The molecule has 0 atom stereocenters. The van der Waals surface area contributed by atoms with Crippen LogP contribution in [0.2, 0.25) is 0 Å². The predicted molar refractivity (Wildman–Crippen MR) is 73.0 cm³/mol. The van der Waals surface area contributed by atoms with E-state index < -0.39 is 5.79 Å². The van der Waals surface area contributed by atoms with E-state index in [-0.39, 0.29) is 0 Å². The quantitative estimate of drug-likeness (QED) is 0.795. The molecule has 3 heteroatoms. The SMILES string of the molecule is COC(C)(OC)c1ccc(Br)c2ccccc12. The molecule has 0 aliphatic rings. The summed E-state index contributed by atoms with van der Waals surface area (Å²) in [5.74, 6) is -0.722. The lowest BCUT2D eigenvalue weighted by Gasteiger charge is -2.28. The molecule has 0 bridgehead atoms. The summed E-state index contributed by atoms with van der Waals surface area (Å²) in [4.78, 5) is 0. The van der Waals surface area contributed by atoms with Gasteiger partial charge in [0, 0.05) is 24.3 Å². The van der Waals surface area contributed by atoms with Gasteiger partial charge in [-0.25, -0.2) is 0 Å². The summed E-state index contributed by atoms with van der Waals surface area (Å²) in [6.45, 7) is 1.92. The number of hydrogen-bond donors (Lipinski definition) is 0. The summed E-state index contributed by atoms with van der Waals surface area (Å²) < 4.78 is 12.0. The highest BCUT2D eigenvalue weighted by Crippen LogP contribution is 2.34. The van der Waals surface area contributed by atoms with Crippen LogP contribution in [-0.2, 0) is 15.3 Å². The molecular formula is C14H15BrO2. The maximum absolute atomic E-state index is 5.48. The van der Waals surface area contributed by atoms with Crippen LogP contribution in [0.3, 0.4) is 0 Å². The molecule has 0 heterocycles. The van der Waals surface area contributed by atoms with Crippen molar-refractivity contribution in [1.29, 1.82) is 0 Å². The van der Waals surface area contributed by atoms with Gasteiger partial charge >= 0.3 is 0 Å². The molecule has 2 aromatic carbocycles. The Labute approximate surface area is 110 Å². The fourth-order valence-electron chi connectivity index (χ4n) is 1.96. The first kappa shape index (κ1) is 12.6. The standard InChI is InChI=1S/C14H15BrO2/c1-14(16-2,17-3)12-8-9-13(15)11-7-5-4-6-10(11)12/h4-9H,1-3H3. The van der Waals surface area contributed by atoms with E-state index in [1.165, 1.54) is 0 Å². The highest BCUT2D eigenvalue weighted by molar-refractivity contribution is 9.10. The maximum Gasteiger partial charge on any atom is 0.191 e. The van der Waals surface area contributed by atoms with Crippen LogP contribution in [0.4, 0.5) is 0 Å². The topological polar surface area (TPSA) is 18.5 Å². The van der Waals surface area contributed by atoms with Gasteiger partial charge in [0.15, 0.2) is 5.79 Å². The molecule has 90 valence electrons. The lowest BCUT2D eigenvalue weighted by atomic mass is 9.99. The highest BCUT2D eigenvalue weighted by atomic mass is 79.9. The third-order valence-corrected chi connectivity index (χ3v) is 3.83. The largest absolute Gasteiger partial charge is 0.349 e. The molecule has 2 rings (SSSR count). The molecule has 0 radical (unpaired) electrons. The number of ether oxygens (including phenoxy) is 2. The molecule has 0 N–H and O–H groups in total.